The Bertz CT molecular complexity index is 655. The predicted molar refractivity (Wildman–Crippen MR) is 98.9 cm³/mol. The van der Waals surface area contributed by atoms with Gasteiger partial charge in [-0.15, -0.1) is 12.4 Å². The number of methoxy groups -OCH3 is 1. The van der Waals surface area contributed by atoms with Gasteiger partial charge >= 0.3 is 6.03 Å². The number of rotatable bonds is 3. The monoisotopic (exact) mass is 368 g/mol. The van der Waals surface area contributed by atoms with Crippen molar-refractivity contribution in [2.45, 2.75) is 25.9 Å². The van der Waals surface area contributed by atoms with Gasteiger partial charge < -0.3 is 20.3 Å². The van der Waals surface area contributed by atoms with Crippen molar-refractivity contribution in [1.29, 1.82) is 0 Å². The minimum atomic E-state index is -0.165. The summed E-state index contributed by atoms with van der Waals surface area (Å²) >= 11 is 0. The van der Waals surface area contributed by atoms with E-state index in [1.54, 1.807) is 30.2 Å². The first-order valence-corrected chi connectivity index (χ1v) is 8.30. The number of anilines is 1. The number of urea groups is 1. The number of benzene rings is 1. The number of piperazine rings is 1. The highest BCUT2D eigenvalue weighted by molar-refractivity contribution is 6.00. The van der Waals surface area contributed by atoms with E-state index in [0.717, 1.165) is 6.54 Å². The van der Waals surface area contributed by atoms with Crippen molar-refractivity contribution < 1.29 is 14.3 Å². The van der Waals surface area contributed by atoms with Crippen LogP contribution < -0.4 is 20.3 Å². The zero-order chi connectivity index (χ0) is 17.3. The van der Waals surface area contributed by atoms with E-state index in [1.165, 1.54) is 0 Å². The van der Waals surface area contributed by atoms with Crippen LogP contribution in [-0.4, -0.2) is 62.2 Å². The van der Waals surface area contributed by atoms with Gasteiger partial charge in [0, 0.05) is 43.8 Å². The van der Waals surface area contributed by atoms with Crippen molar-refractivity contribution in [3.63, 3.8) is 0 Å². The van der Waals surface area contributed by atoms with Gasteiger partial charge in [-0.05, 0) is 32.0 Å². The molecule has 2 atom stereocenters. The van der Waals surface area contributed by atoms with E-state index in [-0.39, 0.29) is 36.4 Å². The van der Waals surface area contributed by atoms with Gasteiger partial charge in [-0.3, -0.25) is 9.69 Å². The molecule has 0 bridgehead atoms. The molecule has 25 heavy (non-hydrogen) atoms. The molecular weight excluding hydrogens is 344 g/mol. The summed E-state index contributed by atoms with van der Waals surface area (Å²) in [5.74, 6) is 0.574. The van der Waals surface area contributed by atoms with E-state index < -0.39 is 0 Å². The van der Waals surface area contributed by atoms with Gasteiger partial charge in [0.05, 0.1) is 12.8 Å². The molecule has 0 spiro atoms. The van der Waals surface area contributed by atoms with E-state index in [9.17, 15) is 9.59 Å². The van der Waals surface area contributed by atoms with Crippen LogP contribution in [-0.2, 0) is 0 Å². The molecule has 2 N–H and O–H groups in total. The number of hydrogen-bond donors (Lipinski definition) is 2. The van der Waals surface area contributed by atoms with Gasteiger partial charge in [-0.2, -0.15) is 0 Å². The fourth-order valence-electron chi connectivity index (χ4n) is 3.24. The Balaban J connectivity index is 0.00000225. The Kier molecular flexibility index (Phi) is 6.13. The van der Waals surface area contributed by atoms with Gasteiger partial charge in [-0.25, -0.2) is 4.79 Å². The Labute approximate surface area is 154 Å². The van der Waals surface area contributed by atoms with Gasteiger partial charge in [0.2, 0.25) is 0 Å². The number of ether oxygens (including phenoxy) is 1. The van der Waals surface area contributed by atoms with E-state index in [4.69, 9.17) is 4.74 Å². The third-order valence-electron chi connectivity index (χ3n) is 4.87. The van der Waals surface area contributed by atoms with Crippen molar-refractivity contribution in [2.75, 3.05) is 38.2 Å². The zero-order valence-corrected chi connectivity index (χ0v) is 15.6. The second kappa shape index (κ2) is 7.93. The summed E-state index contributed by atoms with van der Waals surface area (Å²) in [4.78, 5) is 28.4. The summed E-state index contributed by atoms with van der Waals surface area (Å²) in [6.07, 6.45) is 0. The molecule has 2 fully saturated rings. The van der Waals surface area contributed by atoms with E-state index in [0.29, 0.717) is 36.6 Å². The normalized spacial score (nSPS) is 23.1. The fourth-order valence-corrected chi connectivity index (χ4v) is 3.24. The average molecular weight is 369 g/mol. The number of amides is 3. The van der Waals surface area contributed by atoms with Crippen LogP contribution in [0, 0.1) is 0 Å². The van der Waals surface area contributed by atoms with Gasteiger partial charge in [-0.1, -0.05) is 0 Å². The van der Waals surface area contributed by atoms with Gasteiger partial charge in [0.15, 0.2) is 0 Å². The topological polar surface area (TPSA) is 73.9 Å². The van der Waals surface area contributed by atoms with E-state index in [2.05, 4.69) is 17.6 Å². The molecule has 1 aromatic carbocycles. The number of nitrogens with zero attached hydrogens (tertiary/aromatic N) is 2. The molecule has 3 amide bonds. The molecule has 2 heterocycles. The highest BCUT2D eigenvalue weighted by Gasteiger charge is 2.30. The molecule has 1 aromatic rings. The largest absolute Gasteiger partial charge is 0.495 e. The maximum absolute atomic E-state index is 12.9. The van der Waals surface area contributed by atoms with Crippen LogP contribution in [0.2, 0.25) is 0 Å². The number of hydrogen-bond acceptors (Lipinski definition) is 4. The molecule has 0 radical (unpaired) electrons. The lowest BCUT2D eigenvalue weighted by atomic mass is 10.0. The number of nitrogens with one attached hydrogen (secondary N) is 2. The maximum Gasteiger partial charge on any atom is 0.322 e. The Morgan fingerprint density at radius 1 is 1.24 bits per heavy atom. The lowest BCUT2D eigenvalue weighted by molar-refractivity contribution is 0.0603. The smallest absolute Gasteiger partial charge is 0.322 e. The van der Waals surface area contributed by atoms with Crippen LogP contribution in [0.4, 0.5) is 10.5 Å². The van der Waals surface area contributed by atoms with Crippen molar-refractivity contribution in [3.05, 3.63) is 23.8 Å². The Hall–Kier alpha value is -1.99. The second-order valence-electron chi connectivity index (χ2n) is 6.25. The van der Waals surface area contributed by atoms with E-state index in [1.807, 2.05) is 11.8 Å². The summed E-state index contributed by atoms with van der Waals surface area (Å²) in [6.45, 7) is 6.75. The highest BCUT2D eigenvalue weighted by atomic mass is 35.5. The number of carbonyl (C=O) groups is 2. The molecule has 138 valence electrons. The summed E-state index contributed by atoms with van der Waals surface area (Å²) in [7, 11) is 1.56. The molecular formula is C17H25ClN4O3. The zero-order valence-electron chi connectivity index (χ0n) is 14.7. The van der Waals surface area contributed by atoms with Crippen LogP contribution in [0.25, 0.3) is 0 Å². The minimum absolute atomic E-state index is 0. The molecule has 0 aromatic heterocycles. The number of carbonyl (C=O) groups excluding carboxylic acids is 2. The summed E-state index contributed by atoms with van der Waals surface area (Å²) < 4.78 is 5.37. The van der Waals surface area contributed by atoms with Crippen molar-refractivity contribution in [3.8, 4) is 5.75 Å². The third kappa shape index (κ3) is 3.67. The third-order valence-corrected chi connectivity index (χ3v) is 4.87. The van der Waals surface area contributed by atoms with Crippen LogP contribution in [0.1, 0.15) is 24.2 Å². The standard InChI is InChI=1S/C17H24N4O3.ClH/c1-11-12(2)20(8-6-18-11)16(22)13-4-5-15(24-3)14(10-13)21-9-7-19-17(21)23;/h4-5,10-12,18H,6-9H2,1-3H3,(H,19,23);1H. The van der Waals surface area contributed by atoms with E-state index >= 15 is 0 Å². The van der Waals surface area contributed by atoms with Crippen molar-refractivity contribution in [2.24, 2.45) is 0 Å². The predicted octanol–water partition coefficient (Wildman–Crippen LogP) is 1.47. The summed E-state index contributed by atoms with van der Waals surface area (Å²) in [5, 5.41) is 6.15. The van der Waals surface area contributed by atoms with Gasteiger partial charge in [0.1, 0.15) is 5.75 Å². The molecule has 0 saturated carbocycles. The van der Waals surface area contributed by atoms with Gasteiger partial charge in [0.25, 0.3) is 5.91 Å². The van der Waals surface area contributed by atoms with Crippen LogP contribution in [0.3, 0.4) is 0 Å². The molecule has 0 aliphatic carbocycles. The average Bonchev–Trinajstić information content (AvgIpc) is 3.02. The molecule has 2 saturated heterocycles. The Morgan fingerprint density at radius 3 is 2.64 bits per heavy atom. The SMILES string of the molecule is COc1ccc(C(=O)N2CCNC(C)C2C)cc1N1CCNC1=O.Cl. The molecule has 2 aliphatic heterocycles. The van der Waals surface area contributed by atoms with Crippen molar-refractivity contribution >= 4 is 30.0 Å². The highest BCUT2D eigenvalue weighted by Crippen LogP contribution is 2.31. The lowest BCUT2D eigenvalue weighted by Crippen LogP contribution is -2.57. The molecule has 2 unspecified atom stereocenters. The molecule has 2 aliphatic rings. The summed E-state index contributed by atoms with van der Waals surface area (Å²) in [5.41, 5.74) is 1.21. The van der Waals surface area contributed by atoms with Crippen molar-refractivity contribution in [1.82, 2.24) is 15.5 Å². The lowest BCUT2D eigenvalue weighted by Gasteiger charge is -2.38. The van der Waals surface area contributed by atoms with Crippen LogP contribution in [0.5, 0.6) is 5.75 Å². The first kappa shape index (κ1) is 19.3. The summed E-state index contributed by atoms with van der Waals surface area (Å²) in [6, 6.07) is 5.48. The number of halogens is 1. The molecule has 7 nitrogen and oxygen atoms in total. The quantitative estimate of drug-likeness (QED) is 0.847. The maximum atomic E-state index is 12.9. The molecule has 8 heteroatoms. The van der Waals surface area contributed by atoms with Crippen LogP contribution >= 0.6 is 12.4 Å². The first-order valence-electron chi connectivity index (χ1n) is 8.30. The molecule has 3 rings (SSSR count). The second-order valence-corrected chi connectivity index (χ2v) is 6.25. The fraction of sp³-hybridized carbons (Fsp3) is 0.529. The van der Waals surface area contributed by atoms with Crippen LogP contribution in [0.15, 0.2) is 18.2 Å². The first-order chi connectivity index (χ1) is 11.5. The Morgan fingerprint density at radius 2 is 2.00 bits per heavy atom. The minimum Gasteiger partial charge on any atom is -0.495 e.